The smallest absolute Gasteiger partial charge is 0.332 e. The lowest BCUT2D eigenvalue weighted by molar-refractivity contribution is -0.153. The molecular weight excluding hydrogens is 258 g/mol. The van der Waals surface area contributed by atoms with Crippen molar-refractivity contribution in [1.82, 2.24) is 9.88 Å². The largest absolute Gasteiger partial charge is 0.464 e. The monoisotopic (exact) mass is 275 g/mol. The number of rotatable bonds is 5. The van der Waals surface area contributed by atoms with Crippen molar-refractivity contribution in [3.8, 4) is 0 Å². The van der Waals surface area contributed by atoms with Crippen LogP contribution in [-0.2, 0) is 14.3 Å². The lowest BCUT2D eigenvalue weighted by atomic mass is 10.2. The Bertz CT molecular complexity index is 514. The van der Waals surface area contributed by atoms with Crippen molar-refractivity contribution in [2.75, 3.05) is 20.3 Å². The summed E-state index contributed by atoms with van der Waals surface area (Å²) in [5, 5.41) is 0. The molecular formula is C14H17N3O3. The highest BCUT2D eigenvalue weighted by molar-refractivity contribution is 6.07. The van der Waals surface area contributed by atoms with Crippen molar-refractivity contribution in [3.05, 3.63) is 42.4 Å². The molecule has 0 aliphatic carbocycles. The minimum absolute atomic E-state index is 0.129. The highest BCUT2D eigenvalue weighted by Gasteiger charge is 2.18. The first-order valence-electron chi connectivity index (χ1n) is 6.37. The maximum atomic E-state index is 11.3. The van der Waals surface area contributed by atoms with Crippen LogP contribution >= 0.6 is 0 Å². The van der Waals surface area contributed by atoms with E-state index in [4.69, 9.17) is 9.47 Å². The van der Waals surface area contributed by atoms with Crippen LogP contribution < -0.4 is 0 Å². The van der Waals surface area contributed by atoms with Crippen molar-refractivity contribution < 1.29 is 14.3 Å². The second-order valence-electron chi connectivity index (χ2n) is 4.15. The van der Waals surface area contributed by atoms with Gasteiger partial charge in [-0.05, 0) is 25.1 Å². The van der Waals surface area contributed by atoms with E-state index in [2.05, 4.69) is 9.98 Å². The number of ether oxygens (including phenoxy) is 2. The molecule has 2 heterocycles. The quantitative estimate of drug-likeness (QED) is 0.755. The van der Waals surface area contributed by atoms with E-state index in [1.807, 2.05) is 37.5 Å². The van der Waals surface area contributed by atoms with Crippen molar-refractivity contribution in [1.29, 1.82) is 0 Å². The van der Waals surface area contributed by atoms with Gasteiger partial charge in [-0.2, -0.15) is 0 Å². The standard InChI is InChI=1S/C14H17N3O3/c1-3-19-13(18)10-20-14-16-12(7-9-17(14)2)11-6-4-5-8-15-11/h4-9,14H,3,10H2,1-2H3. The molecule has 0 aromatic carbocycles. The maximum absolute atomic E-state index is 11.3. The molecule has 0 N–H and O–H groups in total. The molecule has 1 aromatic rings. The van der Waals surface area contributed by atoms with Gasteiger partial charge in [0.25, 0.3) is 0 Å². The van der Waals surface area contributed by atoms with Crippen LogP contribution in [0.4, 0.5) is 0 Å². The van der Waals surface area contributed by atoms with E-state index in [0.29, 0.717) is 6.61 Å². The van der Waals surface area contributed by atoms with E-state index in [1.54, 1.807) is 18.0 Å². The van der Waals surface area contributed by atoms with Gasteiger partial charge < -0.3 is 14.4 Å². The fourth-order valence-corrected chi connectivity index (χ4v) is 1.68. The summed E-state index contributed by atoms with van der Waals surface area (Å²) in [6.07, 6.45) is 4.85. The Morgan fingerprint density at radius 2 is 2.30 bits per heavy atom. The van der Waals surface area contributed by atoms with Crippen LogP contribution in [-0.4, -0.2) is 48.2 Å². The average Bonchev–Trinajstić information content (AvgIpc) is 2.47. The molecule has 0 bridgehead atoms. The number of nitrogens with zero attached hydrogens (tertiary/aromatic N) is 3. The minimum atomic E-state index is -0.554. The summed E-state index contributed by atoms with van der Waals surface area (Å²) in [6, 6.07) is 5.61. The van der Waals surface area contributed by atoms with Gasteiger partial charge >= 0.3 is 5.97 Å². The van der Waals surface area contributed by atoms with E-state index in [1.165, 1.54) is 0 Å². The molecule has 1 aromatic heterocycles. The Kier molecular flexibility index (Phi) is 4.84. The van der Waals surface area contributed by atoms with Crippen LogP contribution in [0.25, 0.3) is 0 Å². The highest BCUT2D eigenvalue weighted by Crippen LogP contribution is 2.11. The molecule has 0 saturated heterocycles. The van der Waals surface area contributed by atoms with Gasteiger partial charge in [-0.3, -0.25) is 4.98 Å². The number of aliphatic imine (C=N–C) groups is 1. The summed E-state index contributed by atoms with van der Waals surface area (Å²) in [6.45, 7) is 1.96. The van der Waals surface area contributed by atoms with Gasteiger partial charge in [-0.15, -0.1) is 0 Å². The molecule has 0 spiro atoms. The molecule has 1 aliphatic rings. The number of pyridine rings is 1. The van der Waals surface area contributed by atoms with Crippen molar-refractivity contribution in [2.24, 2.45) is 4.99 Å². The molecule has 1 atom stereocenters. The number of aromatic nitrogens is 1. The molecule has 2 rings (SSSR count). The fraction of sp³-hybridized carbons (Fsp3) is 0.357. The number of hydrogen-bond acceptors (Lipinski definition) is 6. The van der Waals surface area contributed by atoms with Crippen LogP contribution in [0.15, 0.2) is 41.7 Å². The molecule has 20 heavy (non-hydrogen) atoms. The van der Waals surface area contributed by atoms with E-state index in [0.717, 1.165) is 11.4 Å². The zero-order valence-corrected chi connectivity index (χ0v) is 11.5. The molecule has 106 valence electrons. The van der Waals surface area contributed by atoms with E-state index in [-0.39, 0.29) is 6.61 Å². The number of carbonyl (C=O) groups is 1. The lowest BCUT2D eigenvalue weighted by Gasteiger charge is -2.26. The van der Waals surface area contributed by atoms with Crippen LogP contribution in [0.3, 0.4) is 0 Å². The molecule has 1 aliphatic heterocycles. The van der Waals surface area contributed by atoms with Gasteiger partial charge in [0.15, 0.2) is 0 Å². The third-order valence-corrected chi connectivity index (χ3v) is 2.65. The van der Waals surface area contributed by atoms with Gasteiger partial charge in [-0.25, -0.2) is 9.79 Å². The predicted molar refractivity (Wildman–Crippen MR) is 74.1 cm³/mol. The summed E-state index contributed by atoms with van der Waals surface area (Å²) in [7, 11) is 1.82. The highest BCUT2D eigenvalue weighted by atomic mass is 16.6. The first kappa shape index (κ1) is 14.2. The third-order valence-electron chi connectivity index (χ3n) is 2.65. The van der Waals surface area contributed by atoms with Gasteiger partial charge in [0.05, 0.1) is 18.0 Å². The molecule has 6 nitrogen and oxygen atoms in total. The van der Waals surface area contributed by atoms with Crippen molar-refractivity contribution in [2.45, 2.75) is 13.3 Å². The van der Waals surface area contributed by atoms with Crippen LogP contribution in [0.2, 0.25) is 0 Å². The molecule has 1 unspecified atom stereocenters. The molecule has 0 fully saturated rings. The summed E-state index contributed by atoms with van der Waals surface area (Å²) < 4.78 is 10.3. The third kappa shape index (κ3) is 3.64. The van der Waals surface area contributed by atoms with Gasteiger partial charge in [0.1, 0.15) is 6.61 Å². The van der Waals surface area contributed by atoms with Gasteiger partial charge in [-0.1, -0.05) is 6.07 Å². The molecule has 0 radical (unpaired) electrons. The Hall–Kier alpha value is -2.21. The Labute approximate surface area is 117 Å². The first-order valence-corrected chi connectivity index (χ1v) is 6.37. The zero-order chi connectivity index (χ0) is 14.4. The fourth-order valence-electron chi connectivity index (χ4n) is 1.68. The lowest BCUT2D eigenvalue weighted by Crippen LogP contribution is -2.34. The number of hydrogen-bond donors (Lipinski definition) is 0. The Morgan fingerprint density at radius 3 is 3.00 bits per heavy atom. The summed E-state index contributed by atoms with van der Waals surface area (Å²) >= 11 is 0. The van der Waals surface area contributed by atoms with E-state index < -0.39 is 12.3 Å². The minimum Gasteiger partial charge on any atom is -0.464 e. The molecule has 0 amide bonds. The van der Waals surface area contributed by atoms with Crippen LogP contribution in [0.5, 0.6) is 0 Å². The molecule has 6 heteroatoms. The Balaban J connectivity index is 2.03. The SMILES string of the molecule is CCOC(=O)COC1N=C(c2ccccn2)C=CN1C. The van der Waals surface area contributed by atoms with Crippen LogP contribution in [0, 0.1) is 0 Å². The first-order chi connectivity index (χ1) is 9.70. The molecule has 0 saturated carbocycles. The van der Waals surface area contributed by atoms with Crippen molar-refractivity contribution >= 4 is 11.7 Å². The summed E-state index contributed by atoms with van der Waals surface area (Å²) in [5.74, 6) is -0.398. The van der Waals surface area contributed by atoms with E-state index >= 15 is 0 Å². The van der Waals surface area contributed by atoms with Crippen molar-refractivity contribution in [3.63, 3.8) is 0 Å². The summed E-state index contributed by atoms with van der Waals surface area (Å²) in [4.78, 5) is 21.7. The topological polar surface area (TPSA) is 64.0 Å². The second-order valence-corrected chi connectivity index (χ2v) is 4.15. The maximum Gasteiger partial charge on any atom is 0.332 e. The number of esters is 1. The van der Waals surface area contributed by atoms with Crippen LogP contribution in [0.1, 0.15) is 12.6 Å². The van der Waals surface area contributed by atoms with E-state index in [9.17, 15) is 4.79 Å². The zero-order valence-electron chi connectivity index (χ0n) is 11.5. The van der Waals surface area contributed by atoms with Gasteiger partial charge in [0.2, 0.25) is 6.35 Å². The number of carbonyl (C=O) groups excluding carboxylic acids is 1. The number of allylic oxidation sites excluding steroid dienone is 1. The summed E-state index contributed by atoms with van der Waals surface area (Å²) in [5.41, 5.74) is 1.49. The second kappa shape index (κ2) is 6.81. The predicted octanol–water partition coefficient (Wildman–Crippen LogP) is 1.19. The Morgan fingerprint density at radius 1 is 1.45 bits per heavy atom. The van der Waals surface area contributed by atoms with Gasteiger partial charge in [0, 0.05) is 19.4 Å². The normalized spacial score (nSPS) is 17.8. The average molecular weight is 275 g/mol.